The Morgan fingerprint density at radius 2 is 2.00 bits per heavy atom. The third-order valence-electron chi connectivity index (χ3n) is 4.58. The third kappa shape index (κ3) is 4.01. The Balaban J connectivity index is 1.63. The van der Waals surface area contributed by atoms with Gasteiger partial charge in [0.15, 0.2) is 5.13 Å². The molecule has 0 saturated carbocycles. The number of sulfonamides is 1. The average Bonchev–Trinajstić information content (AvgIpc) is 3.15. The van der Waals surface area contributed by atoms with Gasteiger partial charge in [0.1, 0.15) is 16.5 Å². The number of aromatic nitrogens is 1. The summed E-state index contributed by atoms with van der Waals surface area (Å²) in [6.07, 6.45) is 0. The van der Waals surface area contributed by atoms with Crippen LogP contribution >= 0.6 is 11.3 Å². The van der Waals surface area contributed by atoms with Crippen molar-refractivity contribution >= 4 is 42.6 Å². The normalized spacial score (nSPS) is 15.3. The number of halogens is 1. The van der Waals surface area contributed by atoms with Crippen LogP contribution in [0.1, 0.15) is 10.4 Å². The molecule has 0 bridgehead atoms. The molecule has 8 nitrogen and oxygen atoms in total. The molecule has 1 N–H and O–H groups in total. The number of hydrogen-bond acceptors (Lipinski definition) is 7. The first-order valence-corrected chi connectivity index (χ1v) is 11.3. The number of carbonyl (C=O) groups is 1. The van der Waals surface area contributed by atoms with Crippen LogP contribution in [0.25, 0.3) is 10.2 Å². The minimum atomic E-state index is -3.87. The maximum Gasteiger partial charge on any atom is 0.257 e. The number of ether oxygens (including phenoxy) is 2. The van der Waals surface area contributed by atoms with E-state index in [1.807, 2.05) is 0 Å². The molecule has 2 heterocycles. The average molecular weight is 452 g/mol. The van der Waals surface area contributed by atoms with Crippen LogP contribution in [-0.4, -0.2) is 57.0 Å². The van der Waals surface area contributed by atoms with Crippen molar-refractivity contribution in [2.24, 2.45) is 0 Å². The van der Waals surface area contributed by atoms with Gasteiger partial charge in [0.05, 0.1) is 30.5 Å². The van der Waals surface area contributed by atoms with E-state index in [-0.39, 0.29) is 34.4 Å². The first-order chi connectivity index (χ1) is 14.4. The van der Waals surface area contributed by atoms with Crippen LogP contribution in [0.5, 0.6) is 5.75 Å². The molecule has 11 heteroatoms. The standard InChI is InChI=1S/C19H18FN3O5S2/c1-27-15-5-2-12(10-17(15)30(25,26)23-6-8-28-9-7-23)18(24)22-19-21-14-4-3-13(20)11-16(14)29-19/h2-5,10-11H,6-9H2,1H3,(H,21,22,24). The Morgan fingerprint density at radius 3 is 2.73 bits per heavy atom. The highest BCUT2D eigenvalue weighted by molar-refractivity contribution is 7.89. The zero-order valence-electron chi connectivity index (χ0n) is 15.9. The summed E-state index contributed by atoms with van der Waals surface area (Å²) in [5, 5.41) is 2.93. The van der Waals surface area contributed by atoms with Gasteiger partial charge < -0.3 is 9.47 Å². The number of rotatable bonds is 5. The number of morpholine rings is 1. The van der Waals surface area contributed by atoms with Gasteiger partial charge in [-0.15, -0.1) is 0 Å². The van der Waals surface area contributed by atoms with Crippen LogP contribution in [0.4, 0.5) is 9.52 Å². The van der Waals surface area contributed by atoms with Gasteiger partial charge in [-0.1, -0.05) is 11.3 Å². The quantitative estimate of drug-likeness (QED) is 0.641. The summed E-state index contributed by atoms with van der Waals surface area (Å²) >= 11 is 1.13. The summed E-state index contributed by atoms with van der Waals surface area (Å²) < 4.78 is 51.8. The fourth-order valence-corrected chi connectivity index (χ4v) is 5.54. The van der Waals surface area contributed by atoms with Crippen molar-refractivity contribution in [1.82, 2.24) is 9.29 Å². The molecule has 1 aliphatic rings. The van der Waals surface area contributed by atoms with Crippen LogP contribution < -0.4 is 10.1 Å². The maximum absolute atomic E-state index is 13.4. The molecule has 0 aliphatic carbocycles. The zero-order chi connectivity index (χ0) is 21.3. The molecule has 3 aromatic rings. The number of fused-ring (bicyclic) bond motifs is 1. The highest BCUT2D eigenvalue weighted by Gasteiger charge is 2.30. The van der Waals surface area contributed by atoms with Gasteiger partial charge in [-0.25, -0.2) is 17.8 Å². The summed E-state index contributed by atoms with van der Waals surface area (Å²) in [6, 6.07) is 8.35. The van der Waals surface area contributed by atoms with Gasteiger partial charge in [-0.2, -0.15) is 4.31 Å². The predicted octanol–water partition coefficient (Wildman–Crippen LogP) is 2.72. The smallest absolute Gasteiger partial charge is 0.257 e. The maximum atomic E-state index is 13.4. The van der Waals surface area contributed by atoms with Gasteiger partial charge >= 0.3 is 0 Å². The number of anilines is 1. The molecule has 1 aromatic heterocycles. The number of nitrogens with zero attached hydrogens (tertiary/aromatic N) is 2. The van der Waals surface area contributed by atoms with Crippen molar-refractivity contribution in [1.29, 1.82) is 0 Å². The number of thiazole rings is 1. The molecule has 1 saturated heterocycles. The van der Waals surface area contributed by atoms with E-state index in [4.69, 9.17) is 9.47 Å². The summed E-state index contributed by atoms with van der Waals surface area (Å²) in [5.41, 5.74) is 0.690. The predicted molar refractivity (Wildman–Crippen MR) is 110 cm³/mol. The van der Waals surface area contributed by atoms with E-state index in [1.165, 1.54) is 47.8 Å². The van der Waals surface area contributed by atoms with E-state index >= 15 is 0 Å². The lowest BCUT2D eigenvalue weighted by atomic mass is 10.2. The lowest BCUT2D eigenvalue weighted by Crippen LogP contribution is -2.40. The Morgan fingerprint density at radius 1 is 1.23 bits per heavy atom. The lowest BCUT2D eigenvalue weighted by molar-refractivity contribution is 0.0729. The van der Waals surface area contributed by atoms with Gasteiger partial charge in [0.25, 0.3) is 5.91 Å². The van der Waals surface area contributed by atoms with Gasteiger partial charge in [0, 0.05) is 18.7 Å². The molecule has 158 valence electrons. The van der Waals surface area contributed by atoms with Crippen LogP contribution in [0.3, 0.4) is 0 Å². The lowest BCUT2D eigenvalue weighted by Gasteiger charge is -2.26. The molecule has 0 spiro atoms. The van der Waals surface area contributed by atoms with Crippen molar-refractivity contribution in [3.05, 3.63) is 47.8 Å². The second kappa shape index (κ2) is 8.26. The van der Waals surface area contributed by atoms with Crippen molar-refractivity contribution in [3.63, 3.8) is 0 Å². The second-order valence-electron chi connectivity index (χ2n) is 6.47. The highest BCUT2D eigenvalue weighted by Crippen LogP contribution is 2.30. The Hall–Kier alpha value is -2.60. The summed E-state index contributed by atoms with van der Waals surface area (Å²) in [4.78, 5) is 16.9. The molecular weight excluding hydrogens is 433 g/mol. The summed E-state index contributed by atoms with van der Waals surface area (Å²) in [6.45, 7) is 1.06. The van der Waals surface area contributed by atoms with Gasteiger partial charge in [-0.05, 0) is 36.4 Å². The summed E-state index contributed by atoms with van der Waals surface area (Å²) in [5.74, 6) is -0.777. The monoisotopic (exact) mass is 451 g/mol. The number of amides is 1. The third-order valence-corrected chi connectivity index (χ3v) is 7.44. The molecule has 0 radical (unpaired) electrons. The molecule has 2 aromatic carbocycles. The second-order valence-corrected chi connectivity index (χ2v) is 9.40. The largest absolute Gasteiger partial charge is 0.495 e. The van der Waals surface area contributed by atoms with Crippen molar-refractivity contribution in [2.45, 2.75) is 4.90 Å². The molecular formula is C19H18FN3O5S2. The van der Waals surface area contributed by atoms with Crippen LogP contribution in [-0.2, 0) is 14.8 Å². The van der Waals surface area contributed by atoms with E-state index in [9.17, 15) is 17.6 Å². The molecule has 4 rings (SSSR count). The van der Waals surface area contributed by atoms with E-state index in [2.05, 4.69) is 10.3 Å². The Bertz CT molecular complexity index is 1210. The Labute approximate surface area is 176 Å². The van der Waals surface area contributed by atoms with Gasteiger partial charge in [0.2, 0.25) is 10.0 Å². The zero-order valence-corrected chi connectivity index (χ0v) is 17.6. The van der Waals surface area contributed by atoms with E-state index in [0.29, 0.717) is 23.4 Å². The molecule has 1 aliphatic heterocycles. The fourth-order valence-electron chi connectivity index (χ4n) is 3.07. The molecule has 1 fully saturated rings. The van der Waals surface area contributed by atoms with Crippen molar-refractivity contribution in [3.8, 4) is 5.75 Å². The molecule has 0 atom stereocenters. The minimum Gasteiger partial charge on any atom is -0.495 e. The number of carbonyl (C=O) groups excluding carboxylic acids is 1. The highest BCUT2D eigenvalue weighted by atomic mass is 32.2. The first-order valence-electron chi connectivity index (χ1n) is 9.02. The first kappa shape index (κ1) is 20.7. The van der Waals surface area contributed by atoms with Gasteiger partial charge in [-0.3, -0.25) is 10.1 Å². The van der Waals surface area contributed by atoms with Crippen molar-refractivity contribution < 1.29 is 27.1 Å². The number of nitrogens with one attached hydrogen (secondary N) is 1. The summed E-state index contributed by atoms with van der Waals surface area (Å²) in [7, 11) is -2.50. The number of methoxy groups -OCH3 is 1. The number of hydrogen-bond donors (Lipinski definition) is 1. The van der Waals surface area contributed by atoms with Crippen molar-refractivity contribution in [2.75, 3.05) is 38.7 Å². The topological polar surface area (TPSA) is 97.8 Å². The van der Waals surface area contributed by atoms with E-state index in [0.717, 1.165) is 11.3 Å². The molecule has 30 heavy (non-hydrogen) atoms. The van der Waals surface area contributed by atoms with E-state index < -0.39 is 21.7 Å². The molecule has 1 amide bonds. The Kier molecular flexibility index (Phi) is 5.69. The fraction of sp³-hybridized carbons (Fsp3) is 0.263. The molecule has 0 unspecified atom stereocenters. The SMILES string of the molecule is COc1ccc(C(=O)Nc2nc3ccc(F)cc3s2)cc1S(=O)(=O)N1CCOCC1. The number of benzene rings is 2. The van der Waals surface area contributed by atoms with Crippen LogP contribution in [0.15, 0.2) is 41.3 Å². The minimum absolute atomic E-state index is 0.0917. The van der Waals surface area contributed by atoms with E-state index in [1.54, 1.807) is 0 Å². The van der Waals surface area contributed by atoms with Crippen LogP contribution in [0.2, 0.25) is 0 Å². The van der Waals surface area contributed by atoms with Crippen LogP contribution in [0, 0.1) is 5.82 Å².